The fraction of sp³-hybridized carbons (Fsp3) is 0.200. The molecule has 0 aliphatic carbocycles. The average molecular weight is 464 g/mol. The molecule has 146 valence electrons. The Bertz CT molecular complexity index is 1010. The van der Waals surface area contributed by atoms with Gasteiger partial charge < -0.3 is 20.5 Å². The van der Waals surface area contributed by atoms with E-state index in [0.717, 1.165) is 15.4 Å². The minimum atomic E-state index is -0.329. The van der Waals surface area contributed by atoms with Crippen LogP contribution in [0.1, 0.15) is 20.7 Å². The number of likely N-dealkylation sites (N-methyl/N-ethyl adjacent to an activating group) is 1. The molecule has 8 heteroatoms. The molecule has 2 amide bonds. The molecule has 0 aliphatic rings. The zero-order valence-corrected chi connectivity index (χ0v) is 17.8. The quantitative estimate of drug-likeness (QED) is 0.514. The van der Waals surface area contributed by atoms with Crippen molar-refractivity contribution in [1.29, 1.82) is 0 Å². The number of carbonyl (C=O) groups excluding carboxylic acids is 2. The molecule has 6 nitrogen and oxygen atoms in total. The van der Waals surface area contributed by atoms with Crippen molar-refractivity contribution in [1.82, 2.24) is 15.2 Å². The lowest BCUT2D eigenvalue weighted by atomic mass is 10.1. The van der Waals surface area contributed by atoms with Crippen LogP contribution < -0.4 is 10.6 Å². The van der Waals surface area contributed by atoms with Gasteiger partial charge in [0, 0.05) is 39.1 Å². The van der Waals surface area contributed by atoms with Crippen LogP contribution in [-0.2, 0) is 0 Å². The van der Waals surface area contributed by atoms with Gasteiger partial charge in [0.2, 0.25) is 0 Å². The number of halogens is 2. The SMILES string of the molecule is CN(C)CCNC(=O)c1c(NC(=O)c2ccc(Cl)cc2)[nH]c2cc(Br)ccc12. The summed E-state index contributed by atoms with van der Waals surface area (Å²) in [6.07, 6.45) is 0. The van der Waals surface area contributed by atoms with E-state index in [9.17, 15) is 9.59 Å². The van der Waals surface area contributed by atoms with E-state index in [1.807, 2.05) is 37.2 Å². The van der Waals surface area contributed by atoms with Gasteiger partial charge in [-0.25, -0.2) is 0 Å². The average Bonchev–Trinajstić information content (AvgIpc) is 2.98. The molecule has 0 bridgehead atoms. The first-order valence-corrected chi connectivity index (χ1v) is 9.83. The summed E-state index contributed by atoms with van der Waals surface area (Å²) in [6.45, 7) is 1.21. The van der Waals surface area contributed by atoms with Gasteiger partial charge in [0.15, 0.2) is 0 Å². The number of anilines is 1. The molecule has 0 unspecified atom stereocenters. The van der Waals surface area contributed by atoms with Crippen LogP contribution >= 0.6 is 27.5 Å². The number of hydrogen-bond acceptors (Lipinski definition) is 3. The summed E-state index contributed by atoms with van der Waals surface area (Å²) < 4.78 is 0.872. The van der Waals surface area contributed by atoms with E-state index in [4.69, 9.17) is 11.6 Å². The minimum absolute atomic E-state index is 0.248. The Balaban J connectivity index is 1.92. The van der Waals surface area contributed by atoms with Crippen molar-refractivity contribution >= 4 is 56.1 Å². The van der Waals surface area contributed by atoms with Gasteiger partial charge in [-0.15, -0.1) is 0 Å². The largest absolute Gasteiger partial charge is 0.351 e. The maximum Gasteiger partial charge on any atom is 0.256 e. The van der Waals surface area contributed by atoms with Crippen LogP contribution in [0.15, 0.2) is 46.9 Å². The molecule has 3 rings (SSSR count). The van der Waals surface area contributed by atoms with Crippen molar-refractivity contribution in [3.63, 3.8) is 0 Å². The van der Waals surface area contributed by atoms with Gasteiger partial charge in [-0.3, -0.25) is 9.59 Å². The first-order valence-electron chi connectivity index (χ1n) is 8.66. The minimum Gasteiger partial charge on any atom is -0.351 e. The summed E-state index contributed by atoms with van der Waals surface area (Å²) in [5.74, 6) is -0.220. The Labute approximate surface area is 176 Å². The molecule has 0 spiro atoms. The number of benzene rings is 2. The van der Waals surface area contributed by atoms with E-state index >= 15 is 0 Å². The number of H-pyrrole nitrogens is 1. The third-order valence-electron chi connectivity index (χ3n) is 4.18. The summed E-state index contributed by atoms with van der Waals surface area (Å²) in [6, 6.07) is 12.1. The molecule has 2 aromatic carbocycles. The van der Waals surface area contributed by atoms with Crippen LogP contribution in [0.25, 0.3) is 10.9 Å². The lowest BCUT2D eigenvalue weighted by molar-refractivity contribution is 0.0953. The Hall–Kier alpha value is -2.35. The van der Waals surface area contributed by atoms with Crippen molar-refractivity contribution in [2.75, 3.05) is 32.5 Å². The third kappa shape index (κ3) is 4.73. The normalized spacial score (nSPS) is 11.0. The van der Waals surface area contributed by atoms with Crippen molar-refractivity contribution in [3.8, 4) is 0 Å². The number of aromatic amines is 1. The molecule has 3 N–H and O–H groups in total. The zero-order chi connectivity index (χ0) is 20.3. The second-order valence-electron chi connectivity index (χ2n) is 6.59. The van der Waals surface area contributed by atoms with Gasteiger partial charge in [0.1, 0.15) is 5.82 Å². The number of fused-ring (bicyclic) bond motifs is 1. The van der Waals surface area contributed by atoms with Crippen molar-refractivity contribution in [2.24, 2.45) is 0 Å². The van der Waals surface area contributed by atoms with E-state index in [-0.39, 0.29) is 11.8 Å². The topological polar surface area (TPSA) is 77.2 Å². The molecule has 0 saturated carbocycles. The van der Waals surface area contributed by atoms with Gasteiger partial charge in [0.25, 0.3) is 11.8 Å². The smallest absolute Gasteiger partial charge is 0.256 e. The highest BCUT2D eigenvalue weighted by Crippen LogP contribution is 2.29. The highest BCUT2D eigenvalue weighted by atomic mass is 79.9. The van der Waals surface area contributed by atoms with E-state index in [0.29, 0.717) is 35.1 Å². The number of aromatic nitrogens is 1. The van der Waals surface area contributed by atoms with Gasteiger partial charge in [-0.2, -0.15) is 0 Å². The second-order valence-corrected chi connectivity index (χ2v) is 7.94. The number of nitrogens with one attached hydrogen (secondary N) is 3. The summed E-state index contributed by atoms with van der Waals surface area (Å²) >= 11 is 9.31. The molecule has 0 fully saturated rings. The van der Waals surface area contributed by atoms with Gasteiger partial charge in [-0.05, 0) is 50.5 Å². The molecular formula is C20H20BrClN4O2. The molecule has 3 aromatic rings. The predicted molar refractivity (Wildman–Crippen MR) is 116 cm³/mol. The highest BCUT2D eigenvalue weighted by Gasteiger charge is 2.20. The number of amides is 2. The first kappa shape index (κ1) is 20.4. The fourth-order valence-electron chi connectivity index (χ4n) is 2.77. The monoisotopic (exact) mass is 462 g/mol. The Morgan fingerprint density at radius 3 is 2.50 bits per heavy atom. The van der Waals surface area contributed by atoms with Gasteiger partial charge >= 0.3 is 0 Å². The first-order chi connectivity index (χ1) is 13.3. The van der Waals surface area contributed by atoms with Crippen molar-refractivity contribution < 1.29 is 9.59 Å². The van der Waals surface area contributed by atoms with E-state index in [2.05, 4.69) is 31.5 Å². The summed E-state index contributed by atoms with van der Waals surface area (Å²) in [5.41, 5.74) is 1.60. The molecule has 0 radical (unpaired) electrons. The molecule has 0 atom stereocenters. The maximum atomic E-state index is 12.8. The second kappa shape index (κ2) is 8.77. The van der Waals surface area contributed by atoms with Gasteiger partial charge in [0.05, 0.1) is 5.56 Å². The van der Waals surface area contributed by atoms with E-state index in [1.165, 1.54) is 0 Å². The Kier molecular flexibility index (Phi) is 6.39. The number of nitrogens with zero attached hydrogens (tertiary/aromatic N) is 1. The van der Waals surface area contributed by atoms with Crippen LogP contribution in [0.2, 0.25) is 5.02 Å². The molecule has 0 saturated heterocycles. The standard InChI is InChI=1S/C20H20BrClN4O2/c1-26(2)10-9-23-20(28)17-15-8-5-13(21)11-16(15)24-18(17)25-19(27)12-3-6-14(22)7-4-12/h3-8,11,24H,9-10H2,1-2H3,(H,23,28)(H,25,27). The highest BCUT2D eigenvalue weighted by molar-refractivity contribution is 9.10. The molecule has 1 heterocycles. The van der Waals surface area contributed by atoms with Crippen LogP contribution in [0.5, 0.6) is 0 Å². The number of rotatable bonds is 6. The van der Waals surface area contributed by atoms with Crippen LogP contribution in [-0.4, -0.2) is 48.9 Å². The lowest BCUT2D eigenvalue weighted by Crippen LogP contribution is -2.31. The molecular weight excluding hydrogens is 444 g/mol. The summed E-state index contributed by atoms with van der Waals surface area (Å²) in [7, 11) is 3.88. The summed E-state index contributed by atoms with van der Waals surface area (Å²) in [5, 5.41) is 7.00. The fourth-order valence-corrected chi connectivity index (χ4v) is 3.25. The number of hydrogen-bond donors (Lipinski definition) is 3. The summed E-state index contributed by atoms with van der Waals surface area (Å²) in [4.78, 5) is 30.6. The van der Waals surface area contributed by atoms with Crippen LogP contribution in [0, 0.1) is 0 Å². The molecule has 1 aromatic heterocycles. The third-order valence-corrected chi connectivity index (χ3v) is 4.92. The molecule has 28 heavy (non-hydrogen) atoms. The Morgan fingerprint density at radius 1 is 1.11 bits per heavy atom. The van der Waals surface area contributed by atoms with Crippen molar-refractivity contribution in [2.45, 2.75) is 0 Å². The lowest BCUT2D eigenvalue weighted by Gasteiger charge is -2.11. The van der Waals surface area contributed by atoms with Crippen molar-refractivity contribution in [3.05, 3.63) is 63.1 Å². The van der Waals surface area contributed by atoms with E-state index < -0.39 is 0 Å². The molecule has 0 aliphatic heterocycles. The van der Waals surface area contributed by atoms with Gasteiger partial charge in [-0.1, -0.05) is 33.6 Å². The van der Waals surface area contributed by atoms with Crippen LogP contribution in [0.4, 0.5) is 5.82 Å². The predicted octanol–water partition coefficient (Wildman–Crippen LogP) is 4.13. The van der Waals surface area contributed by atoms with Crippen LogP contribution in [0.3, 0.4) is 0 Å². The van der Waals surface area contributed by atoms with E-state index in [1.54, 1.807) is 24.3 Å². The maximum absolute atomic E-state index is 12.8. The number of carbonyl (C=O) groups is 2. The zero-order valence-electron chi connectivity index (χ0n) is 15.5. The Morgan fingerprint density at radius 2 is 1.82 bits per heavy atom.